The summed E-state index contributed by atoms with van der Waals surface area (Å²) < 4.78 is 1.85. The van der Waals surface area contributed by atoms with E-state index in [0.29, 0.717) is 12.1 Å². The summed E-state index contributed by atoms with van der Waals surface area (Å²) in [7, 11) is 2.15. The van der Waals surface area contributed by atoms with Gasteiger partial charge in [-0.2, -0.15) is 5.10 Å². The van der Waals surface area contributed by atoms with Gasteiger partial charge in [0.1, 0.15) is 0 Å². The summed E-state index contributed by atoms with van der Waals surface area (Å²) in [4.78, 5) is 22.2. The number of hydrogen-bond donors (Lipinski definition) is 1. The number of likely N-dealkylation sites (N-methyl/N-ethyl adjacent to an activating group) is 1. The van der Waals surface area contributed by atoms with Crippen LogP contribution in [0.2, 0.25) is 0 Å². The maximum absolute atomic E-state index is 12.9. The first kappa shape index (κ1) is 21.2. The van der Waals surface area contributed by atoms with Crippen molar-refractivity contribution in [2.24, 2.45) is 0 Å². The SMILES string of the molecule is Cc1cc(N2CCN(C)CC2)ccc1NC(=O)c1cnc2c(cnn2Cc2ccccc2)c1. The number of hydrogen-bond acceptors (Lipinski definition) is 5. The van der Waals surface area contributed by atoms with Crippen molar-refractivity contribution in [2.45, 2.75) is 13.5 Å². The van der Waals surface area contributed by atoms with Gasteiger partial charge in [0, 0.05) is 49.1 Å². The van der Waals surface area contributed by atoms with E-state index in [1.165, 1.54) is 5.69 Å². The number of nitrogens with one attached hydrogen (secondary N) is 1. The van der Waals surface area contributed by atoms with Crippen LogP contribution in [0.5, 0.6) is 0 Å². The predicted molar refractivity (Wildman–Crippen MR) is 132 cm³/mol. The molecule has 4 aromatic rings. The number of benzene rings is 2. The molecule has 1 saturated heterocycles. The Balaban J connectivity index is 1.30. The highest BCUT2D eigenvalue weighted by Gasteiger charge is 2.16. The van der Waals surface area contributed by atoms with Gasteiger partial charge in [-0.05, 0) is 49.4 Å². The molecule has 1 aliphatic rings. The van der Waals surface area contributed by atoms with E-state index < -0.39 is 0 Å². The minimum Gasteiger partial charge on any atom is -0.369 e. The summed E-state index contributed by atoms with van der Waals surface area (Å²) in [5, 5.41) is 8.35. The van der Waals surface area contributed by atoms with Crippen molar-refractivity contribution in [3.05, 3.63) is 83.7 Å². The smallest absolute Gasteiger partial charge is 0.257 e. The average Bonchev–Trinajstić information content (AvgIpc) is 3.23. The van der Waals surface area contributed by atoms with Gasteiger partial charge >= 0.3 is 0 Å². The second-order valence-corrected chi connectivity index (χ2v) is 8.67. The molecule has 2 aromatic heterocycles. The molecule has 0 unspecified atom stereocenters. The van der Waals surface area contributed by atoms with Crippen molar-refractivity contribution in [3.8, 4) is 0 Å². The molecule has 0 radical (unpaired) electrons. The second-order valence-electron chi connectivity index (χ2n) is 8.67. The highest BCUT2D eigenvalue weighted by atomic mass is 16.1. The van der Waals surface area contributed by atoms with Crippen molar-refractivity contribution >= 4 is 28.3 Å². The number of rotatable bonds is 5. The molecular weight excluding hydrogens is 412 g/mol. The predicted octanol–water partition coefficient (Wildman–Crippen LogP) is 3.79. The quantitative estimate of drug-likeness (QED) is 0.511. The molecule has 1 N–H and O–H groups in total. The number of carbonyl (C=O) groups excluding carboxylic acids is 1. The van der Waals surface area contributed by atoms with E-state index in [1.54, 1.807) is 12.4 Å². The molecule has 1 amide bonds. The highest BCUT2D eigenvalue weighted by Crippen LogP contribution is 2.24. The maximum atomic E-state index is 12.9. The third-order valence-electron chi connectivity index (χ3n) is 6.24. The van der Waals surface area contributed by atoms with E-state index in [0.717, 1.165) is 54.0 Å². The molecule has 2 aromatic carbocycles. The Labute approximate surface area is 193 Å². The number of anilines is 2. The molecule has 0 saturated carbocycles. The number of nitrogens with zero attached hydrogens (tertiary/aromatic N) is 5. The van der Waals surface area contributed by atoms with Crippen LogP contribution < -0.4 is 10.2 Å². The molecule has 1 aliphatic heterocycles. The summed E-state index contributed by atoms with van der Waals surface area (Å²) in [6.07, 6.45) is 3.38. The van der Waals surface area contributed by atoms with E-state index in [4.69, 9.17) is 0 Å². The summed E-state index contributed by atoms with van der Waals surface area (Å²) in [6, 6.07) is 18.2. The molecule has 7 heteroatoms. The standard InChI is InChI=1S/C26H28N6O/c1-19-14-23(31-12-10-30(2)11-13-31)8-9-24(19)29-26(33)22-15-21-17-28-32(25(21)27-16-22)18-20-6-4-3-5-7-20/h3-9,14-17H,10-13,18H2,1-2H3,(H,29,33). The highest BCUT2D eigenvalue weighted by molar-refractivity contribution is 6.06. The van der Waals surface area contributed by atoms with Crippen molar-refractivity contribution in [3.63, 3.8) is 0 Å². The summed E-state index contributed by atoms with van der Waals surface area (Å²) in [5.41, 5.74) is 5.50. The number of fused-ring (bicyclic) bond motifs is 1. The van der Waals surface area contributed by atoms with Crippen LogP contribution in [0.3, 0.4) is 0 Å². The topological polar surface area (TPSA) is 66.3 Å². The first-order valence-electron chi connectivity index (χ1n) is 11.3. The van der Waals surface area contributed by atoms with E-state index in [1.807, 2.05) is 41.9 Å². The fraction of sp³-hybridized carbons (Fsp3) is 0.269. The third-order valence-corrected chi connectivity index (χ3v) is 6.24. The van der Waals surface area contributed by atoms with Crippen LogP contribution in [0.4, 0.5) is 11.4 Å². The molecule has 1 fully saturated rings. The molecule has 168 valence electrons. The van der Waals surface area contributed by atoms with Gasteiger partial charge in [0.05, 0.1) is 18.3 Å². The van der Waals surface area contributed by atoms with E-state index in [2.05, 4.69) is 56.5 Å². The van der Waals surface area contributed by atoms with Crippen LogP contribution in [0.25, 0.3) is 11.0 Å². The van der Waals surface area contributed by atoms with Crippen molar-refractivity contribution in [1.82, 2.24) is 19.7 Å². The molecule has 7 nitrogen and oxygen atoms in total. The Morgan fingerprint density at radius 2 is 1.79 bits per heavy atom. The van der Waals surface area contributed by atoms with Crippen molar-refractivity contribution in [1.29, 1.82) is 0 Å². The van der Waals surface area contributed by atoms with E-state index in [9.17, 15) is 4.79 Å². The maximum Gasteiger partial charge on any atom is 0.257 e. The first-order chi connectivity index (χ1) is 16.1. The van der Waals surface area contributed by atoms with Gasteiger partial charge < -0.3 is 15.1 Å². The van der Waals surface area contributed by atoms with Crippen molar-refractivity contribution < 1.29 is 4.79 Å². The summed E-state index contributed by atoms with van der Waals surface area (Å²) >= 11 is 0. The largest absolute Gasteiger partial charge is 0.369 e. The van der Waals surface area contributed by atoms with Crippen molar-refractivity contribution in [2.75, 3.05) is 43.4 Å². The number of carbonyl (C=O) groups is 1. The summed E-state index contributed by atoms with van der Waals surface area (Å²) in [6.45, 7) is 6.84. The second kappa shape index (κ2) is 9.03. The van der Waals surface area contributed by atoms with Gasteiger partial charge in [-0.3, -0.25) is 4.79 Å². The van der Waals surface area contributed by atoms with E-state index in [-0.39, 0.29) is 5.91 Å². The van der Waals surface area contributed by atoms with Crippen LogP contribution in [0, 0.1) is 6.92 Å². The fourth-order valence-electron chi connectivity index (χ4n) is 4.21. The lowest BCUT2D eigenvalue weighted by atomic mass is 10.1. The summed E-state index contributed by atoms with van der Waals surface area (Å²) in [5.74, 6) is -0.171. The fourth-order valence-corrected chi connectivity index (χ4v) is 4.21. The van der Waals surface area contributed by atoms with Gasteiger partial charge in [0.15, 0.2) is 5.65 Å². The normalized spacial score (nSPS) is 14.5. The van der Waals surface area contributed by atoms with Crippen LogP contribution >= 0.6 is 0 Å². The minimum atomic E-state index is -0.171. The van der Waals surface area contributed by atoms with Crippen LogP contribution in [0.15, 0.2) is 67.0 Å². The Morgan fingerprint density at radius 3 is 2.55 bits per heavy atom. The van der Waals surface area contributed by atoms with Gasteiger partial charge in [-0.15, -0.1) is 0 Å². The molecule has 5 rings (SSSR count). The number of piperazine rings is 1. The number of aryl methyl sites for hydroxylation is 1. The zero-order valence-electron chi connectivity index (χ0n) is 19.0. The Hall–Kier alpha value is -3.71. The Kier molecular flexibility index (Phi) is 5.79. The lowest BCUT2D eigenvalue weighted by Crippen LogP contribution is -2.44. The van der Waals surface area contributed by atoms with Gasteiger partial charge in [-0.1, -0.05) is 30.3 Å². The molecule has 3 heterocycles. The number of aromatic nitrogens is 3. The van der Waals surface area contributed by atoms with E-state index >= 15 is 0 Å². The Bertz CT molecular complexity index is 1270. The van der Waals surface area contributed by atoms with Crippen LogP contribution in [0.1, 0.15) is 21.5 Å². The minimum absolute atomic E-state index is 0.171. The molecular formula is C26H28N6O. The van der Waals surface area contributed by atoms with Crippen LogP contribution in [-0.2, 0) is 6.54 Å². The zero-order chi connectivity index (χ0) is 22.8. The van der Waals surface area contributed by atoms with Gasteiger partial charge in [-0.25, -0.2) is 9.67 Å². The number of pyridine rings is 1. The molecule has 0 bridgehead atoms. The molecule has 33 heavy (non-hydrogen) atoms. The number of amides is 1. The Morgan fingerprint density at radius 1 is 1.00 bits per heavy atom. The molecule has 0 atom stereocenters. The lowest BCUT2D eigenvalue weighted by molar-refractivity contribution is 0.102. The van der Waals surface area contributed by atoms with Crippen LogP contribution in [-0.4, -0.2) is 58.8 Å². The monoisotopic (exact) mass is 440 g/mol. The van der Waals surface area contributed by atoms with Gasteiger partial charge in [0.2, 0.25) is 0 Å². The third kappa shape index (κ3) is 4.59. The zero-order valence-corrected chi connectivity index (χ0v) is 19.0. The van der Waals surface area contributed by atoms with Gasteiger partial charge in [0.25, 0.3) is 5.91 Å². The molecule has 0 aliphatic carbocycles. The first-order valence-corrected chi connectivity index (χ1v) is 11.3. The molecule has 0 spiro atoms. The average molecular weight is 441 g/mol. The lowest BCUT2D eigenvalue weighted by Gasteiger charge is -2.34.